The molecule has 0 aromatic carbocycles. The highest BCUT2D eigenvalue weighted by atomic mass is 79.9. The molecule has 0 aliphatic heterocycles. The Morgan fingerprint density at radius 3 is 1.82 bits per heavy atom. The molecule has 0 fully saturated rings. The Hall–Kier alpha value is -0.860. The Kier molecular flexibility index (Phi) is 11.2. The predicted molar refractivity (Wildman–Crippen MR) is 84.6 cm³/mol. The maximum Gasteiger partial charge on any atom is 0.0441 e. The molecule has 0 aromatic rings. The standard InChI is InChI=1S/C15H23N.BrH/c1-5-9-11-14(10-6-2)15(16,12-7-3)13-8-4;/h5-8,11H,1-4,9-10,12-13,16H2;1H. The van der Waals surface area contributed by atoms with E-state index in [0.29, 0.717) is 0 Å². The van der Waals surface area contributed by atoms with Crippen LogP contribution < -0.4 is 5.73 Å². The molecule has 0 amide bonds. The molecule has 1 nitrogen and oxygen atoms in total. The summed E-state index contributed by atoms with van der Waals surface area (Å²) in [4.78, 5) is 0. The Balaban J connectivity index is 0. The summed E-state index contributed by atoms with van der Waals surface area (Å²) < 4.78 is 0. The van der Waals surface area contributed by atoms with Gasteiger partial charge < -0.3 is 5.73 Å². The second-order valence-corrected chi connectivity index (χ2v) is 3.89. The van der Waals surface area contributed by atoms with Crippen LogP contribution in [0.25, 0.3) is 0 Å². The molecule has 0 aliphatic rings. The summed E-state index contributed by atoms with van der Waals surface area (Å²) >= 11 is 0. The van der Waals surface area contributed by atoms with E-state index >= 15 is 0 Å². The van der Waals surface area contributed by atoms with E-state index in [1.807, 2.05) is 24.3 Å². The molecule has 96 valence electrons. The zero-order chi connectivity index (χ0) is 12.4. The number of hydrogen-bond donors (Lipinski definition) is 1. The van der Waals surface area contributed by atoms with Gasteiger partial charge in [-0.25, -0.2) is 0 Å². The zero-order valence-electron chi connectivity index (χ0n) is 10.5. The fraction of sp³-hybridized carbons (Fsp3) is 0.333. The van der Waals surface area contributed by atoms with Crippen molar-refractivity contribution in [1.82, 2.24) is 0 Å². The lowest BCUT2D eigenvalue weighted by molar-refractivity contribution is 0.501. The summed E-state index contributed by atoms with van der Waals surface area (Å²) in [5.74, 6) is 0. The molecule has 0 heterocycles. The van der Waals surface area contributed by atoms with Gasteiger partial charge in [0.25, 0.3) is 0 Å². The van der Waals surface area contributed by atoms with Crippen LogP contribution in [0, 0.1) is 0 Å². The zero-order valence-corrected chi connectivity index (χ0v) is 12.2. The van der Waals surface area contributed by atoms with E-state index in [0.717, 1.165) is 25.7 Å². The summed E-state index contributed by atoms with van der Waals surface area (Å²) in [6.45, 7) is 15.0. The van der Waals surface area contributed by atoms with Crippen molar-refractivity contribution in [3.63, 3.8) is 0 Å². The number of hydrogen-bond acceptors (Lipinski definition) is 1. The van der Waals surface area contributed by atoms with Gasteiger partial charge in [-0.15, -0.1) is 43.3 Å². The topological polar surface area (TPSA) is 26.0 Å². The fourth-order valence-electron chi connectivity index (χ4n) is 1.73. The fourth-order valence-corrected chi connectivity index (χ4v) is 1.73. The molecular weight excluding hydrogens is 274 g/mol. The molecule has 0 atom stereocenters. The summed E-state index contributed by atoms with van der Waals surface area (Å²) in [5.41, 5.74) is 7.21. The maximum atomic E-state index is 6.40. The van der Waals surface area contributed by atoms with Crippen LogP contribution in [0.15, 0.2) is 62.3 Å². The molecular formula is C15H24BrN. The van der Waals surface area contributed by atoms with Crippen LogP contribution in [0.1, 0.15) is 25.7 Å². The molecule has 17 heavy (non-hydrogen) atoms. The molecule has 0 aliphatic carbocycles. The van der Waals surface area contributed by atoms with Crippen molar-refractivity contribution in [2.24, 2.45) is 5.73 Å². The van der Waals surface area contributed by atoms with Gasteiger partial charge in [0.05, 0.1) is 0 Å². The Morgan fingerprint density at radius 1 is 0.941 bits per heavy atom. The molecule has 0 rings (SSSR count). The van der Waals surface area contributed by atoms with Gasteiger partial charge in [-0.3, -0.25) is 0 Å². The van der Waals surface area contributed by atoms with E-state index in [4.69, 9.17) is 5.73 Å². The first kappa shape index (κ1) is 18.5. The first-order valence-corrected chi connectivity index (χ1v) is 5.56. The van der Waals surface area contributed by atoms with Crippen LogP contribution in [-0.4, -0.2) is 5.54 Å². The third-order valence-corrected chi connectivity index (χ3v) is 2.55. The molecule has 0 unspecified atom stereocenters. The normalized spacial score (nSPS) is 11.2. The van der Waals surface area contributed by atoms with Gasteiger partial charge in [-0.2, -0.15) is 0 Å². The van der Waals surface area contributed by atoms with Crippen molar-refractivity contribution in [2.75, 3.05) is 0 Å². The minimum absolute atomic E-state index is 0. The van der Waals surface area contributed by atoms with Gasteiger partial charge in [0, 0.05) is 5.54 Å². The lowest BCUT2D eigenvalue weighted by Crippen LogP contribution is -2.40. The third kappa shape index (κ3) is 6.44. The van der Waals surface area contributed by atoms with E-state index in [2.05, 4.69) is 32.4 Å². The second-order valence-electron chi connectivity index (χ2n) is 3.89. The van der Waals surface area contributed by atoms with E-state index < -0.39 is 0 Å². The van der Waals surface area contributed by atoms with Crippen LogP contribution >= 0.6 is 17.0 Å². The SMILES string of the molecule is Br.C=CCC=C(CC=C)C(N)(CC=C)CC=C. The number of allylic oxidation sites excluding steroid dienone is 3. The lowest BCUT2D eigenvalue weighted by Gasteiger charge is -2.30. The summed E-state index contributed by atoms with van der Waals surface area (Å²) in [6.07, 6.45) is 12.7. The Labute approximate surface area is 116 Å². The highest BCUT2D eigenvalue weighted by Gasteiger charge is 2.25. The van der Waals surface area contributed by atoms with E-state index in [1.54, 1.807) is 0 Å². The molecule has 0 aromatic heterocycles. The van der Waals surface area contributed by atoms with Gasteiger partial charge >= 0.3 is 0 Å². The van der Waals surface area contributed by atoms with E-state index in [-0.39, 0.29) is 22.5 Å². The molecule has 2 heteroatoms. The molecule has 0 saturated carbocycles. The smallest absolute Gasteiger partial charge is 0.0441 e. The maximum absolute atomic E-state index is 6.40. The predicted octanol–water partition coefficient (Wildman–Crippen LogP) is 4.49. The van der Waals surface area contributed by atoms with Crippen molar-refractivity contribution in [3.05, 3.63) is 62.3 Å². The van der Waals surface area contributed by atoms with Gasteiger partial charge in [0.15, 0.2) is 0 Å². The highest BCUT2D eigenvalue weighted by molar-refractivity contribution is 8.93. The minimum atomic E-state index is -0.374. The van der Waals surface area contributed by atoms with Crippen LogP contribution in [0.2, 0.25) is 0 Å². The summed E-state index contributed by atoms with van der Waals surface area (Å²) in [5, 5.41) is 0. The van der Waals surface area contributed by atoms with Crippen molar-refractivity contribution >= 4 is 17.0 Å². The molecule has 0 bridgehead atoms. The second kappa shape index (κ2) is 10.3. The van der Waals surface area contributed by atoms with Crippen molar-refractivity contribution in [2.45, 2.75) is 31.2 Å². The lowest BCUT2D eigenvalue weighted by atomic mass is 9.82. The quantitative estimate of drug-likeness (QED) is 0.623. The largest absolute Gasteiger partial charge is 0.321 e. The summed E-state index contributed by atoms with van der Waals surface area (Å²) in [7, 11) is 0. The van der Waals surface area contributed by atoms with Gasteiger partial charge in [0.1, 0.15) is 0 Å². The first-order chi connectivity index (χ1) is 7.64. The number of nitrogens with two attached hydrogens (primary N) is 1. The average Bonchev–Trinajstić information content (AvgIpc) is 2.24. The minimum Gasteiger partial charge on any atom is -0.321 e. The first-order valence-electron chi connectivity index (χ1n) is 5.56. The highest BCUT2D eigenvalue weighted by Crippen LogP contribution is 2.26. The molecule has 0 saturated heterocycles. The van der Waals surface area contributed by atoms with Crippen molar-refractivity contribution < 1.29 is 0 Å². The number of halogens is 1. The van der Waals surface area contributed by atoms with Crippen molar-refractivity contribution in [1.29, 1.82) is 0 Å². The van der Waals surface area contributed by atoms with Gasteiger partial charge in [-0.1, -0.05) is 30.4 Å². The molecule has 0 radical (unpaired) electrons. The third-order valence-electron chi connectivity index (χ3n) is 2.55. The number of rotatable bonds is 9. The van der Waals surface area contributed by atoms with Crippen LogP contribution in [-0.2, 0) is 0 Å². The van der Waals surface area contributed by atoms with Crippen LogP contribution in [0.5, 0.6) is 0 Å². The average molecular weight is 298 g/mol. The molecule has 2 N–H and O–H groups in total. The van der Waals surface area contributed by atoms with Gasteiger partial charge in [0.2, 0.25) is 0 Å². The Morgan fingerprint density at radius 2 is 1.47 bits per heavy atom. The van der Waals surface area contributed by atoms with E-state index in [1.165, 1.54) is 5.57 Å². The van der Waals surface area contributed by atoms with Crippen molar-refractivity contribution in [3.8, 4) is 0 Å². The van der Waals surface area contributed by atoms with Crippen LogP contribution in [0.4, 0.5) is 0 Å². The van der Waals surface area contributed by atoms with E-state index in [9.17, 15) is 0 Å². The monoisotopic (exact) mass is 297 g/mol. The van der Waals surface area contributed by atoms with Gasteiger partial charge in [-0.05, 0) is 31.3 Å². The summed E-state index contributed by atoms with van der Waals surface area (Å²) in [6, 6.07) is 0. The van der Waals surface area contributed by atoms with Crippen LogP contribution in [0.3, 0.4) is 0 Å². The Bertz CT molecular complexity index is 279. The molecule has 0 spiro atoms.